The molecule has 1 rings (SSSR count). The van der Waals surface area contributed by atoms with Gasteiger partial charge in [-0.15, -0.1) is 0 Å². The Hall–Kier alpha value is -1.55. The fourth-order valence-electron chi connectivity index (χ4n) is 1.62. The Bertz CT molecular complexity index is 377. The maximum Gasteiger partial charge on any atom is 0.326 e. The van der Waals surface area contributed by atoms with Gasteiger partial charge in [-0.2, -0.15) is 0 Å². The number of carbonyl (C=O) groups is 1. The molecule has 0 radical (unpaired) electrons. The molecular weight excluding hydrogens is 218 g/mol. The highest BCUT2D eigenvalue weighted by Crippen LogP contribution is 2.19. The largest absolute Gasteiger partial charge is 0.480 e. The number of anilines is 1. The van der Waals surface area contributed by atoms with Gasteiger partial charge in [0.1, 0.15) is 6.04 Å². The van der Waals surface area contributed by atoms with Crippen LogP contribution in [-0.4, -0.2) is 24.2 Å². The predicted molar refractivity (Wildman–Crippen MR) is 67.0 cm³/mol. The van der Waals surface area contributed by atoms with E-state index in [1.54, 1.807) is 7.11 Å². The van der Waals surface area contributed by atoms with E-state index in [2.05, 4.69) is 5.32 Å². The molecule has 0 aliphatic carbocycles. The molecule has 0 aliphatic rings. The normalized spacial score (nSPS) is 12.5. The van der Waals surface area contributed by atoms with Crippen molar-refractivity contribution in [3.8, 4) is 0 Å². The zero-order valence-electron chi connectivity index (χ0n) is 10.4. The topological polar surface area (TPSA) is 58.6 Å². The first kappa shape index (κ1) is 13.5. The van der Waals surface area contributed by atoms with Crippen molar-refractivity contribution < 1.29 is 14.6 Å². The first-order valence-corrected chi connectivity index (χ1v) is 5.62. The first-order valence-electron chi connectivity index (χ1n) is 5.62. The number of carboxylic acids is 1. The maximum absolute atomic E-state index is 11.1. The van der Waals surface area contributed by atoms with Crippen LogP contribution in [0.1, 0.15) is 19.4 Å². The van der Waals surface area contributed by atoms with Crippen molar-refractivity contribution in [3.05, 3.63) is 29.8 Å². The SMILES string of the molecule is COCc1ccccc1NC(C(=O)O)C(C)C. The third-order valence-electron chi connectivity index (χ3n) is 2.56. The second-order valence-corrected chi connectivity index (χ2v) is 4.29. The number of methoxy groups -OCH3 is 1. The van der Waals surface area contributed by atoms with Crippen molar-refractivity contribution in [1.29, 1.82) is 0 Å². The summed E-state index contributed by atoms with van der Waals surface area (Å²) in [5.41, 5.74) is 1.78. The van der Waals surface area contributed by atoms with Gasteiger partial charge in [0, 0.05) is 18.4 Å². The molecule has 0 bridgehead atoms. The van der Waals surface area contributed by atoms with Crippen LogP contribution < -0.4 is 5.32 Å². The van der Waals surface area contributed by atoms with E-state index in [0.717, 1.165) is 11.3 Å². The minimum absolute atomic E-state index is 0.0168. The summed E-state index contributed by atoms with van der Waals surface area (Å²) >= 11 is 0. The number of para-hydroxylation sites is 1. The van der Waals surface area contributed by atoms with Crippen molar-refractivity contribution >= 4 is 11.7 Å². The number of hydrogen-bond donors (Lipinski definition) is 2. The van der Waals surface area contributed by atoms with E-state index in [4.69, 9.17) is 9.84 Å². The molecule has 0 fully saturated rings. The van der Waals surface area contributed by atoms with Crippen molar-refractivity contribution in [2.45, 2.75) is 26.5 Å². The third-order valence-corrected chi connectivity index (χ3v) is 2.56. The lowest BCUT2D eigenvalue weighted by molar-refractivity contribution is -0.138. The standard InChI is InChI=1S/C13H19NO3/c1-9(2)12(13(15)16)14-11-7-5-4-6-10(11)8-17-3/h4-7,9,12,14H,8H2,1-3H3,(H,15,16). The average Bonchev–Trinajstić information content (AvgIpc) is 2.27. The summed E-state index contributed by atoms with van der Waals surface area (Å²) in [5, 5.41) is 12.2. The number of hydrogen-bond acceptors (Lipinski definition) is 3. The van der Waals surface area contributed by atoms with E-state index in [0.29, 0.717) is 6.61 Å². The fraction of sp³-hybridized carbons (Fsp3) is 0.462. The van der Waals surface area contributed by atoms with Crippen LogP contribution in [0.25, 0.3) is 0 Å². The lowest BCUT2D eigenvalue weighted by atomic mass is 10.0. The summed E-state index contributed by atoms with van der Waals surface area (Å²) < 4.78 is 5.08. The number of nitrogens with one attached hydrogen (secondary N) is 1. The Balaban J connectivity index is 2.88. The van der Waals surface area contributed by atoms with Gasteiger partial charge >= 0.3 is 5.97 Å². The third kappa shape index (κ3) is 3.75. The van der Waals surface area contributed by atoms with E-state index in [1.807, 2.05) is 38.1 Å². The molecule has 0 heterocycles. The molecule has 1 unspecified atom stereocenters. The molecule has 0 spiro atoms. The quantitative estimate of drug-likeness (QED) is 0.797. The highest BCUT2D eigenvalue weighted by atomic mass is 16.5. The van der Waals surface area contributed by atoms with Gasteiger partial charge in [-0.3, -0.25) is 0 Å². The smallest absolute Gasteiger partial charge is 0.326 e. The molecule has 1 aromatic rings. The number of ether oxygens (including phenoxy) is 1. The van der Waals surface area contributed by atoms with E-state index < -0.39 is 12.0 Å². The maximum atomic E-state index is 11.1. The van der Waals surface area contributed by atoms with E-state index in [1.165, 1.54) is 0 Å². The molecule has 0 saturated carbocycles. The summed E-state index contributed by atoms with van der Waals surface area (Å²) in [6.45, 7) is 4.23. The molecule has 4 heteroatoms. The zero-order chi connectivity index (χ0) is 12.8. The van der Waals surface area contributed by atoms with Crippen LogP contribution in [0.2, 0.25) is 0 Å². The first-order chi connectivity index (χ1) is 8.06. The van der Waals surface area contributed by atoms with Crippen LogP contribution in [0.5, 0.6) is 0 Å². The summed E-state index contributed by atoms with van der Waals surface area (Å²) in [5.74, 6) is -0.824. The van der Waals surface area contributed by atoms with E-state index in [9.17, 15) is 4.79 Å². The minimum Gasteiger partial charge on any atom is -0.480 e. The fourth-order valence-corrected chi connectivity index (χ4v) is 1.62. The molecule has 4 nitrogen and oxygen atoms in total. The number of carboxylic acid groups (broad SMARTS) is 1. The molecule has 1 aromatic carbocycles. The summed E-state index contributed by atoms with van der Waals surface area (Å²) in [6.07, 6.45) is 0. The van der Waals surface area contributed by atoms with Gasteiger partial charge in [0.05, 0.1) is 6.61 Å². The van der Waals surface area contributed by atoms with Crippen LogP contribution in [0.15, 0.2) is 24.3 Å². The Morgan fingerprint density at radius 1 is 1.41 bits per heavy atom. The molecule has 0 aliphatic heterocycles. The van der Waals surface area contributed by atoms with Gasteiger partial charge in [0.25, 0.3) is 0 Å². The van der Waals surface area contributed by atoms with Crippen LogP contribution in [-0.2, 0) is 16.1 Å². The van der Waals surface area contributed by atoms with Gasteiger partial charge in [0.2, 0.25) is 0 Å². The van der Waals surface area contributed by atoms with Crippen molar-refractivity contribution in [2.24, 2.45) is 5.92 Å². The van der Waals surface area contributed by atoms with Crippen LogP contribution >= 0.6 is 0 Å². The molecule has 0 amide bonds. The lowest BCUT2D eigenvalue weighted by Crippen LogP contribution is -2.34. The minimum atomic E-state index is -0.841. The molecule has 0 aromatic heterocycles. The molecule has 17 heavy (non-hydrogen) atoms. The van der Waals surface area contributed by atoms with Gasteiger partial charge in [-0.05, 0) is 12.0 Å². The van der Waals surface area contributed by atoms with Gasteiger partial charge in [-0.1, -0.05) is 32.0 Å². The number of aliphatic carboxylic acids is 1. The van der Waals surface area contributed by atoms with E-state index >= 15 is 0 Å². The zero-order valence-corrected chi connectivity index (χ0v) is 10.4. The van der Waals surface area contributed by atoms with Crippen LogP contribution in [0.4, 0.5) is 5.69 Å². The second-order valence-electron chi connectivity index (χ2n) is 4.29. The number of rotatable bonds is 6. The summed E-state index contributed by atoms with van der Waals surface area (Å²) in [4.78, 5) is 11.1. The van der Waals surface area contributed by atoms with Gasteiger partial charge in [0.15, 0.2) is 0 Å². The van der Waals surface area contributed by atoms with Crippen LogP contribution in [0.3, 0.4) is 0 Å². The summed E-state index contributed by atoms with van der Waals surface area (Å²) in [7, 11) is 1.62. The van der Waals surface area contributed by atoms with Gasteiger partial charge in [-0.25, -0.2) is 4.79 Å². The molecular formula is C13H19NO3. The molecule has 0 saturated heterocycles. The molecule has 94 valence electrons. The Labute approximate surface area is 102 Å². The Morgan fingerprint density at radius 3 is 2.59 bits per heavy atom. The summed E-state index contributed by atoms with van der Waals surface area (Å²) in [6, 6.07) is 6.98. The van der Waals surface area contributed by atoms with Crippen molar-refractivity contribution in [1.82, 2.24) is 0 Å². The average molecular weight is 237 g/mol. The van der Waals surface area contributed by atoms with Crippen molar-refractivity contribution in [3.63, 3.8) is 0 Å². The molecule has 2 N–H and O–H groups in total. The molecule has 1 atom stereocenters. The highest BCUT2D eigenvalue weighted by Gasteiger charge is 2.21. The van der Waals surface area contributed by atoms with Crippen molar-refractivity contribution in [2.75, 3.05) is 12.4 Å². The van der Waals surface area contributed by atoms with E-state index in [-0.39, 0.29) is 5.92 Å². The van der Waals surface area contributed by atoms with Crippen LogP contribution in [0, 0.1) is 5.92 Å². The Kier molecular flexibility index (Phi) is 4.97. The number of benzene rings is 1. The lowest BCUT2D eigenvalue weighted by Gasteiger charge is -2.21. The Morgan fingerprint density at radius 2 is 2.06 bits per heavy atom. The highest BCUT2D eigenvalue weighted by molar-refractivity contribution is 5.78. The monoisotopic (exact) mass is 237 g/mol. The van der Waals surface area contributed by atoms with Gasteiger partial charge < -0.3 is 15.2 Å². The second kappa shape index (κ2) is 6.25. The predicted octanol–water partition coefficient (Wildman–Crippen LogP) is 2.35.